The molecule has 0 aromatic carbocycles. The summed E-state index contributed by atoms with van der Waals surface area (Å²) in [7, 11) is 1.56. The summed E-state index contributed by atoms with van der Waals surface area (Å²) in [5.41, 5.74) is 2.50. The largest absolute Gasteiger partial charge is 0.496 e. The van der Waals surface area contributed by atoms with Gasteiger partial charge >= 0.3 is 11.9 Å². The van der Waals surface area contributed by atoms with Gasteiger partial charge in [0.05, 0.1) is 12.8 Å². The molecular formula is C18H18ClN3O6S. The van der Waals surface area contributed by atoms with Gasteiger partial charge in [0.25, 0.3) is 0 Å². The molecule has 11 heteroatoms. The average molecular weight is 440 g/mol. The minimum Gasteiger partial charge on any atom is -0.496 e. The fourth-order valence-corrected chi connectivity index (χ4v) is 3.97. The van der Waals surface area contributed by atoms with Crippen molar-refractivity contribution in [3.05, 3.63) is 34.2 Å². The van der Waals surface area contributed by atoms with Crippen LogP contribution in [0.15, 0.2) is 17.4 Å². The molecule has 1 N–H and O–H groups in total. The molecule has 29 heavy (non-hydrogen) atoms. The number of carbonyl (C=O) groups is 2. The summed E-state index contributed by atoms with van der Waals surface area (Å²) in [6.07, 6.45) is 3.34. The second kappa shape index (κ2) is 9.75. The monoisotopic (exact) mass is 439 g/mol. The minimum atomic E-state index is -1.26. The molecule has 154 valence electrons. The van der Waals surface area contributed by atoms with Gasteiger partial charge in [0, 0.05) is 23.1 Å². The first-order valence-corrected chi connectivity index (χ1v) is 10.0. The van der Waals surface area contributed by atoms with Crippen molar-refractivity contribution < 1.29 is 28.9 Å². The number of fused-ring (bicyclic) bond motifs is 1. The number of hydrogen-bond acceptors (Lipinski definition) is 9. The van der Waals surface area contributed by atoms with Crippen molar-refractivity contribution in [1.82, 2.24) is 15.0 Å². The SMILES string of the molecule is COc1ccnc(Cl)c1CSc1nc2c(c(OCOC(=O)CC(=O)O)n1)CCC2. The predicted octanol–water partition coefficient (Wildman–Crippen LogP) is 2.67. The molecule has 9 nitrogen and oxygen atoms in total. The van der Waals surface area contributed by atoms with Crippen molar-refractivity contribution in [2.45, 2.75) is 36.6 Å². The number of aliphatic carboxylic acids is 1. The van der Waals surface area contributed by atoms with Gasteiger partial charge in [-0.1, -0.05) is 23.4 Å². The van der Waals surface area contributed by atoms with Crippen LogP contribution in [0.1, 0.15) is 29.7 Å². The highest BCUT2D eigenvalue weighted by Gasteiger charge is 2.22. The quantitative estimate of drug-likeness (QED) is 0.156. The first-order chi connectivity index (χ1) is 14.0. The molecule has 2 aromatic heterocycles. The fourth-order valence-electron chi connectivity index (χ4n) is 2.80. The van der Waals surface area contributed by atoms with E-state index in [9.17, 15) is 9.59 Å². The first kappa shape index (κ1) is 21.1. The highest BCUT2D eigenvalue weighted by atomic mass is 35.5. The van der Waals surface area contributed by atoms with Gasteiger partial charge in [0.15, 0.2) is 5.16 Å². The minimum absolute atomic E-state index is 0.336. The lowest BCUT2D eigenvalue weighted by Gasteiger charge is -2.12. The molecule has 0 amide bonds. The predicted molar refractivity (Wildman–Crippen MR) is 103 cm³/mol. The lowest BCUT2D eigenvalue weighted by molar-refractivity contribution is -0.156. The number of ether oxygens (including phenoxy) is 3. The van der Waals surface area contributed by atoms with Gasteiger partial charge in [-0.25, -0.2) is 9.97 Å². The van der Waals surface area contributed by atoms with E-state index in [-0.39, 0.29) is 0 Å². The molecule has 0 saturated heterocycles. The zero-order valence-electron chi connectivity index (χ0n) is 15.5. The maximum atomic E-state index is 11.3. The smallest absolute Gasteiger partial charge is 0.320 e. The normalized spacial score (nSPS) is 12.3. The molecule has 0 spiro atoms. The van der Waals surface area contributed by atoms with Gasteiger partial charge in [-0.05, 0) is 25.3 Å². The van der Waals surface area contributed by atoms with Crippen LogP contribution in [0.25, 0.3) is 0 Å². The van der Waals surface area contributed by atoms with Gasteiger partial charge in [-0.3, -0.25) is 9.59 Å². The second-order valence-corrected chi connectivity index (χ2v) is 7.31. The zero-order valence-corrected chi connectivity index (χ0v) is 17.1. The van der Waals surface area contributed by atoms with Crippen molar-refractivity contribution in [3.63, 3.8) is 0 Å². The Morgan fingerprint density at radius 3 is 2.90 bits per heavy atom. The van der Waals surface area contributed by atoms with Gasteiger partial charge in [-0.15, -0.1) is 0 Å². The van der Waals surface area contributed by atoms with E-state index in [0.29, 0.717) is 27.7 Å². The Hall–Kier alpha value is -2.59. The van der Waals surface area contributed by atoms with Gasteiger partial charge in [0.1, 0.15) is 17.3 Å². The van der Waals surface area contributed by atoms with Crippen LogP contribution in [0.2, 0.25) is 5.15 Å². The number of carbonyl (C=O) groups excluding carboxylic acids is 1. The number of nitrogens with zero attached hydrogens (tertiary/aromatic N) is 3. The van der Waals surface area contributed by atoms with Crippen LogP contribution in [0.4, 0.5) is 0 Å². The number of thioether (sulfide) groups is 1. The Balaban J connectivity index is 1.70. The van der Waals surface area contributed by atoms with Crippen molar-refractivity contribution in [1.29, 1.82) is 0 Å². The number of methoxy groups -OCH3 is 1. The number of pyridine rings is 1. The number of esters is 1. The molecule has 1 aliphatic carbocycles. The number of aromatic nitrogens is 3. The van der Waals surface area contributed by atoms with Gasteiger partial charge < -0.3 is 19.3 Å². The molecule has 2 aromatic rings. The number of aryl methyl sites for hydroxylation is 1. The van der Waals surface area contributed by atoms with Crippen LogP contribution in [-0.2, 0) is 32.9 Å². The number of hydrogen-bond donors (Lipinski definition) is 1. The standard InChI is InChI=1S/C18H18ClN3O6S/c1-26-13-5-6-20-16(19)11(13)8-29-18-21-12-4-2-3-10(12)17(22-18)28-9-27-15(25)7-14(23)24/h5-6H,2-4,7-9H2,1H3,(H,23,24). The number of halogens is 1. The van der Waals surface area contributed by atoms with Gasteiger partial charge in [-0.2, -0.15) is 4.98 Å². The molecule has 1 aliphatic rings. The molecule has 0 atom stereocenters. The van der Waals surface area contributed by atoms with Crippen LogP contribution >= 0.6 is 23.4 Å². The topological polar surface area (TPSA) is 121 Å². The molecular weight excluding hydrogens is 422 g/mol. The van der Waals surface area contributed by atoms with Crippen LogP contribution < -0.4 is 9.47 Å². The molecule has 0 radical (unpaired) electrons. The highest BCUT2D eigenvalue weighted by molar-refractivity contribution is 7.98. The number of rotatable bonds is 9. The summed E-state index contributed by atoms with van der Waals surface area (Å²) in [6, 6.07) is 1.73. The molecule has 0 aliphatic heterocycles. The van der Waals surface area contributed by atoms with E-state index in [1.54, 1.807) is 19.4 Å². The van der Waals surface area contributed by atoms with E-state index in [2.05, 4.69) is 15.0 Å². The summed E-state index contributed by atoms with van der Waals surface area (Å²) < 4.78 is 15.6. The van der Waals surface area contributed by atoms with Crippen LogP contribution in [0.3, 0.4) is 0 Å². The summed E-state index contributed by atoms with van der Waals surface area (Å²) in [5, 5.41) is 9.42. The van der Waals surface area contributed by atoms with E-state index < -0.39 is 25.2 Å². The molecule has 0 fully saturated rings. The Labute approximate surface area is 175 Å². The maximum Gasteiger partial charge on any atom is 0.320 e. The molecule has 3 rings (SSSR count). The van der Waals surface area contributed by atoms with E-state index in [1.165, 1.54) is 11.8 Å². The fraction of sp³-hybridized carbons (Fsp3) is 0.389. The summed E-state index contributed by atoms with van der Waals surface area (Å²) >= 11 is 7.53. The summed E-state index contributed by atoms with van der Waals surface area (Å²) in [4.78, 5) is 34.9. The van der Waals surface area contributed by atoms with E-state index in [4.69, 9.17) is 30.9 Å². The van der Waals surface area contributed by atoms with E-state index in [0.717, 1.165) is 36.1 Å². The molecule has 0 saturated carbocycles. The van der Waals surface area contributed by atoms with Gasteiger partial charge in [0.2, 0.25) is 12.7 Å². The van der Waals surface area contributed by atoms with Crippen LogP contribution in [0, 0.1) is 0 Å². The molecule has 2 heterocycles. The van der Waals surface area contributed by atoms with Crippen molar-refractivity contribution in [2.24, 2.45) is 0 Å². The Bertz CT molecular complexity index is 927. The number of carboxylic acids is 1. The summed E-state index contributed by atoms with van der Waals surface area (Å²) in [5.74, 6) is -0.734. The molecule has 0 unspecified atom stereocenters. The van der Waals surface area contributed by atoms with Crippen molar-refractivity contribution in [2.75, 3.05) is 13.9 Å². The average Bonchev–Trinajstić information content (AvgIpc) is 3.15. The maximum absolute atomic E-state index is 11.3. The van der Waals surface area contributed by atoms with E-state index in [1.807, 2.05) is 0 Å². The Morgan fingerprint density at radius 1 is 1.31 bits per heavy atom. The zero-order chi connectivity index (χ0) is 20.8. The molecule has 0 bridgehead atoms. The third kappa shape index (κ3) is 5.48. The lowest BCUT2D eigenvalue weighted by Crippen LogP contribution is -2.15. The summed E-state index contributed by atoms with van der Waals surface area (Å²) in [6.45, 7) is -0.415. The Kier molecular flexibility index (Phi) is 7.10. The number of carboxylic acid groups (broad SMARTS) is 1. The highest BCUT2D eigenvalue weighted by Crippen LogP contribution is 2.34. The lowest BCUT2D eigenvalue weighted by atomic mass is 10.2. The van der Waals surface area contributed by atoms with Crippen molar-refractivity contribution in [3.8, 4) is 11.6 Å². The van der Waals surface area contributed by atoms with Crippen molar-refractivity contribution >= 4 is 35.3 Å². The van der Waals surface area contributed by atoms with Crippen LogP contribution in [-0.4, -0.2) is 45.9 Å². The second-order valence-electron chi connectivity index (χ2n) is 6.01. The van der Waals surface area contributed by atoms with E-state index >= 15 is 0 Å². The Morgan fingerprint density at radius 2 is 2.14 bits per heavy atom. The van der Waals surface area contributed by atoms with Crippen LogP contribution in [0.5, 0.6) is 11.6 Å². The third-order valence-electron chi connectivity index (χ3n) is 4.11. The first-order valence-electron chi connectivity index (χ1n) is 8.68. The third-order valence-corrected chi connectivity index (χ3v) is 5.31.